The molecule has 0 bridgehead atoms. The maximum Gasteiger partial charge on any atom is 0.357 e. The molecule has 0 saturated heterocycles. The molecule has 0 amide bonds. The monoisotopic (exact) mass is 293 g/mol. The molecule has 0 heterocycles. The predicted molar refractivity (Wildman–Crippen MR) is 76.7 cm³/mol. The Bertz CT molecular complexity index is 515. The van der Waals surface area contributed by atoms with Crippen LogP contribution in [0.1, 0.15) is 5.56 Å². The Morgan fingerprint density at radius 3 is 2.10 bits per heavy atom. The van der Waals surface area contributed by atoms with Gasteiger partial charge in [-0.1, -0.05) is 12.1 Å². The number of ether oxygens (including phenoxy) is 2. The Balaban J connectivity index is 3.35. The molecular formula is C14H19NO4Si. The van der Waals surface area contributed by atoms with Crippen LogP contribution in [0, 0.1) is 11.3 Å². The molecule has 1 aromatic rings. The minimum atomic E-state index is -2.15. The van der Waals surface area contributed by atoms with Crippen molar-refractivity contribution >= 4 is 14.3 Å². The molecule has 1 rings (SSSR count). The van der Waals surface area contributed by atoms with E-state index in [4.69, 9.17) is 13.9 Å². The van der Waals surface area contributed by atoms with E-state index in [1.54, 1.807) is 31.4 Å². The smallest absolute Gasteiger partial charge is 0.357 e. The highest BCUT2D eigenvalue weighted by Gasteiger charge is 2.46. The van der Waals surface area contributed by atoms with E-state index < -0.39 is 19.9 Å². The van der Waals surface area contributed by atoms with Crippen LogP contribution in [-0.2, 0) is 19.6 Å². The molecule has 20 heavy (non-hydrogen) atoms. The van der Waals surface area contributed by atoms with Gasteiger partial charge in [-0.05, 0) is 31.8 Å². The van der Waals surface area contributed by atoms with Gasteiger partial charge in [-0.2, -0.15) is 5.26 Å². The fourth-order valence-corrected chi connectivity index (χ4v) is 2.95. The van der Waals surface area contributed by atoms with Crippen molar-refractivity contribution in [3.8, 4) is 11.8 Å². The molecule has 0 aliphatic rings. The highest BCUT2D eigenvalue weighted by Crippen LogP contribution is 2.31. The number of rotatable bonds is 5. The summed E-state index contributed by atoms with van der Waals surface area (Å²) in [5.74, 6) is -0.0777. The first-order valence-electron chi connectivity index (χ1n) is 6.13. The topological polar surface area (TPSA) is 68.6 Å². The highest BCUT2D eigenvalue weighted by molar-refractivity contribution is 6.70. The van der Waals surface area contributed by atoms with Crippen molar-refractivity contribution in [3.05, 3.63) is 29.8 Å². The molecule has 1 atom stereocenters. The molecule has 0 aliphatic carbocycles. The molecule has 1 aromatic carbocycles. The van der Waals surface area contributed by atoms with Gasteiger partial charge in [0, 0.05) is 5.56 Å². The number of hydrogen-bond donors (Lipinski definition) is 0. The molecule has 0 fully saturated rings. The van der Waals surface area contributed by atoms with Gasteiger partial charge in [-0.3, -0.25) is 0 Å². The third-order valence-corrected chi connectivity index (χ3v) is 3.50. The van der Waals surface area contributed by atoms with E-state index in [2.05, 4.69) is 0 Å². The normalized spacial score (nSPS) is 14.0. The van der Waals surface area contributed by atoms with E-state index in [1.807, 2.05) is 25.7 Å². The Hall–Kier alpha value is -1.84. The number of benzene rings is 1. The van der Waals surface area contributed by atoms with Crippen LogP contribution in [0.5, 0.6) is 5.75 Å². The van der Waals surface area contributed by atoms with Crippen molar-refractivity contribution in [3.63, 3.8) is 0 Å². The summed E-state index contributed by atoms with van der Waals surface area (Å²) in [5.41, 5.74) is -1.29. The third kappa shape index (κ3) is 3.38. The number of carbonyl (C=O) groups excluding carboxylic acids is 1. The van der Waals surface area contributed by atoms with Gasteiger partial charge in [0.1, 0.15) is 11.8 Å². The van der Waals surface area contributed by atoms with Gasteiger partial charge in [0.2, 0.25) is 0 Å². The Kier molecular flexibility index (Phi) is 4.92. The molecular weight excluding hydrogens is 274 g/mol. The van der Waals surface area contributed by atoms with Gasteiger partial charge >= 0.3 is 5.97 Å². The molecule has 5 nitrogen and oxygen atoms in total. The molecule has 0 aliphatic heterocycles. The van der Waals surface area contributed by atoms with Crippen molar-refractivity contribution in [1.29, 1.82) is 5.26 Å². The summed E-state index contributed by atoms with van der Waals surface area (Å²) in [4.78, 5) is 12.1. The molecule has 0 aromatic heterocycles. The second kappa shape index (κ2) is 6.07. The summed E-state index contributed by atoms with van der Waals surface area (Å²) in [6.45, 7) is 5.72. The van der Waals surface area contributed by atoms with Crippen LogP contribution in [0.4, 0.5) is 0 Å². The van der Waals surface area contributed by atoms with E-state index in [0.29, 0.717) is 11.3 Å². The SMILES string of the molecule is COC(=O)[C@@](C#N)(O[Si](C)(C)C)c1ccc(OC)cc1. The van der Waals surface area contributed by atoms with Gasteiger partial charge in [0.25, 0.3) is 5.60 Å². The largest absolute Gasteiger partial charge is 0.497 e. The standard InChI is InChI=1S/C14H19NO4Si/c1-17-12-8-6-11(7-9-12)14(10-15,13(16)18-2)19-20(3,4)5/h6-9H,1-5H3/t14-/m0/s1. The second-order valence-electron chi connectivity index (χ2n) is 5.23. The summed E-state index contributed by atoms with van der Waals surface area (Å²) in [6, 6.07) is 8.61. The first-order chi connectivity index (χ1) is 9.29. The van der Waals surface area contributed by atoms with Gasteiger partial charge in [-0.15, -0.1) is 0 Å². The summed E-state index contributed by atoms with van der Waals surface area (Å²) in [7, 11) is 0.637. The number of nitrogens with zero attached hydrogens (tertiary/aromatic N) is 1. The predicted octanol–water partition coefficient (Wildman–Crippen LogP) is 2.44. The van der Waals surface area contributed by atoms with E-state index in [1.165, 1.54) is 7.11 Å². The van der Waals surface area contributed by atoms with Crippen LogP contribution in [0.3, 0.4) is 0 Å². The molecule has 0 unspecified atom stereocenters. The van der Waals surface area contributed by atoms with Crippen molar-refractivity contribution in [2.75, 3.05) is 14.2 Å². The summed E-state index contributed by atoms with van der Waals surface area (Å²) in [6.07, 6.45) is 0. The summed E-state index contributed by atoms with van der Waals surface area (Å²) >= 11 is 0. The molecule has 0 saturated carbocycles. The summed E-state index contributed by atoms with van der Waals surface area (Å²) < 4.78 is 15.7. The zero-order valence-corrected chi connectivity index (χ0v) is 13.4. The molecule has 0 spiro atoms. The Labute approximate surface area is 120 Å². The first-order valence-corrected chi connectivity index (χ1v) is 9.54. The van der Waals surface area contributed by atoms with Crippen LogP contribution in [0.2, 0.25) is 19.6 Å². The molecule has 0 N–H and O–H groups in total. The van der Waals surface area contributed by atoms with Crippen LogP contribution in [0.25, 0.3) is 0 Å². The van der Waals surface area contributed by atoms with Crippen molar-refractivity contribution in [1.82, 2.24) is 0 Å². The lowest BCUT2D eigenvalue weighted by molar-refractivity contribution is -0.155. The number of hydrogen-bond acceptors (Lipinski definition) is 5. The zero-order chi connectivity index (χ0) is 15.4. The first kappa shape index (κ1) is 16.2. The fourth-order valence-electron chi connectivity index (χ4n) is 1.78. The highest BCUT2D eigenvalue weighted by atomic mass is 28.4. The van der Waals surface area contributed by atoms with Crippen molar-refractivity contribution in [2.45, 2.75) is 25.2 Å². The minimum Gasteiger partial charge on any atom is -0.497 e. The number of nitriles is 1. The van der Waals surface area contributed by atoms with Crippen molar-refractivity contribution in [2.24, 2.45) is 0 Å². The molecule has 0 radical (unpaired) electrons. The van der Waals surface area contributed by atoms with Crippen LogP contribution in [-0.4, -0.2) is 28.5 Å². The third-order valence-electron chi connectivity index (χ3n) is 2.59. The van der Waals surface area contributed by atoms with Crippen molar-refractivity contribution < 1.29 is 18.7 Å². The molecule has 6 heteroatoms. The lowest BCUT2D eigenvalue weighted by atomic mass is 9.95. The van der Waals surface area contributed by atoms with E-state index in [9.17, 15) is 10.1 Å². The van der Waals surface area contributed by atoms with Gasteiger partial charge in [0.05, 0.1) is 14.2 Å². The van der Waals surface area contributed by atoms with E-state index in [-0.39, 0.29) is 0 Å². The second-order valence-corrected chi connectivity index (χ2v) is 9.66. The zero-order valence-electron chi connectivity index (χ0n) is 12.4. The van der Waals surface area contributed by atoms with Crippen LogP contribution < -0.4 is 4.74 Å². The van der Waals surface area contributed by atoms with Gasteiger partial charge in [-0.25, -0.2) is 4.79 Å². The maximum absolute atomic E-state index is 12.1. The van der Waals surface area contributed by atoms with Crippen LogP contribution >= 0.6 is 0 Å². The number of methoxy groups -OCH3 is 2. The average Bonchev–Trinajstić information content (AvgIpc) is 2.43. The maximum atomic E-state index is 12.1. The Morgan fingerprint density at radius 2 is 1.75 bits per heavy atom. The van der Waals surface area contributed by atoms with Gasteiger partial charge in [0.15, 0.2) is 8.32 Å². The fraction of sp³-hybridized carbons (Fsp3) is 0.429. The quantitative estimate of drug-likeness (QED) is 0.616. The van der Waals surface area contributed by atoms with E-state index in [0.717, 1.165) is 0 Å². The average molecular weight is 293 g/mol. The van der Waals surface area contributed by atoms with E-state index >= 15 is 0 Å². The lowest BCUT2D eigenvalue weighted by Crippen LogP contribution is -2.46. The molecule has 108 valence electrons. The number of esters is 1. The minimum absolute atomic E-state index is 0.440. The number of carbonyl (C=O) groups is 1. The Morgan fingerprint density at radius 1 is 1.20 bits per heavy atom. The lowest BCUT2D eigenvalue weighted by Gasteiger charge is -2.31. The van der Waals surface area contributed by atoms with Crippen LogP contribution in [0.15, 0.2) is 24.3 Å². The summed E-state index contributed by atoms with van der Waals surface area (Å²) in [5, 5.41) is 9.54. The van der Waals surface area contributed by atoms with Gasteiger partial charge < -0.3 is 13.9 Å².